The summed E-state index contributed by atoms with van der Waals surface area (Å²) in [5.74, 6) is 1.98. The highest BCUT2D eigenvalue weighted by Gasteiger charge is 2.11. The number of aliphatic imine (C=N–C) groups is 1. The van der Waals surface area contributed by atoms with Crippen molar-refractivity contribution in [1.29, 1.82) is 0 Å². The van der Waals surface area contributed by atoms with E-state index >= 15 is 0 Å². The zero-order valence-corrected chi connectivity index (χ0v) is 10.2. The number of nitrogens with zero attached hydrogens (tertiary/aromatic N) is 1. The summed E-state index contributed by atoms with van der Waals surface area (Å²) in [6.45, 7) is 0.683. The summed E-state index contributed by atoms with van der Waals surface area (Å²) >= 11 is 3.49. The first-order chi connectivity index (χ1) is 7.38. The number of thioether (sulfide) groups is 2. The van der Waals surface area contributed by atoms with Crippen molar-refractivity contribution in [3.05, 3.63) is 24.3 Å². The van der Waals surface area contributed by atoms with Crippen LogP contribution >= 0.6 is 23.5 Å². The van der Waals surface area contributed by atoms with Crippen molar-refractivity contribution in [2.45, 2.75) is 10.9 Å². The minimum Gasteiger partial charge on any atom is -0.491 e. The minimum atomic E-state index is 0.329. The molecule has 0 bridgehead atoms. The highest BCUT2D eigenvalue weighted by Crippen LogP contribution is 2.20. The monoisotopic (exact) mass is 239 g/mol. The first-order valence-corrected chi connectivity index (χ1v) is 7.06. The van der Waals surface area contributed by atoms with Crippen LogP contribution in [0.15, 0.2) is 34.2 Å². The molecule has 15 heavy (non-hydrogen) atoms. The van der Waals surface area contributed by atoms with E-state index in [4.69, 9.17) is 4.74 Å². The Hall–Kier alpha value is -0.610. The molecule has 1 aliphatic rings. The normalized spacial score (nSPS) is 19.4. The average molecular weight is 239 g/mol. The van der Waals surface area contributed by atoms with E-state index in [0.717, 1.165) is 11.5 Å². The fraction of sp³-hybridized carbons (Fsp3) is 0.364. The van der Waals surface area contributed by atoms with E-state index < -0.39 is 0 Å². The van der Waals surface area contributed by atoms with Crippen molar-refractivity contribution < 1.29 is 4.74 Å². The van der Waals surface area contributed by atoms with Gasteiger partial charge in [-0.15, -0.1) is 23.5 Å². The Bertz CT molecular complexity index is 337. The number of benzene rings is 1. The van der Waals surface area contributed by atoms with Gasteiger partial charge >= 0.3 is 0 Å². The molecule has 1 aromatic carbocycles. The molecule has 1 aromatic rings. The fourth-order valence-electron chi connectivity index (χ4n) is 1.28. The lowest BCUT2D eigenvalue weighted by atomic mass is 10.3. The van der Waals surface area contributed by atoms with Crippen molar-refractivity contribution in [3.8, 4) is 5.75 Å². The van der Waals surface area contributed by atoms with Gasteiger partial charge in [0.1, 0.15) is 12.4 Å². The van der Waals surface area contributed by atoms with Crippen molar-refractivity contribution in [3.63, 3.8) is 0 Å². The highest BCUT2D eigenvalue weighted by atomic mass is 32.2. The number of hydrogen-bond donors (Lipinski definition) is 0. The van der Waals surface area contributed by atoms with Gasteiger partial charge in [-0.25, -0.2) is 0 Å². The van der Waals surface area contributed by atoms with Crippen LogP contribution in [0.2, 0.25) is 0 Å². The summed E-state index contributed by atoms with van der Waals surface area (Å²) in [4.78, 5) is 5.55. The molecule has 0 N–H and O–H groups in total. The lowest BCUT2D eigenvalue weighted by Crippen LogP contribution is -2.15. The fourth-order valence-corrected chi connectivity index (χ4v) is 2.44. The maximum absolute atomic E-state index is 5.65. The van der Waals surface area contributed by atoms with Crippen LogP contribution in [0.4, 0.5) is 0 Å². The molecule has 2 rings (SSSR count). The van der Waals surface area contributed by atoms with Crippen LogP contribution in [0, 0.1) is 0 Å². The maximum Gasteiger partial charge on any atom is 0.119 e. The van der Waals surface area contributed by atoms with Crippen molar-refractivity contribution in [2.24, 2.45) is 4.99 Å². The van der Waals surface area contributed by atoms with Crippen molar-refractivity contribution in [2.75, 3.05) is 18.6 Å². The maximum atomic E-state index is 5.65. The Morgan fingerprint density at radius 1 is 1.47 bits per heavy atom. The van der Waals surface area contributed by atoms with Crippen LogP contribution in [0.1, 0.15) is 0 Å². The molecule has 1 heterocycles. The molecule has 1 aliphatic heterocycles. The second-order valence-electron chi connectivity index (χ2n) is 3.23. The molecule has 0 aromatic heterocycles. The molecule has 0 radical (unpaired) electrons. The van der Waals surface area contributed by atoms with Gasteiger partial charge in [0.25, 0.3) is 0 Å². The summed E-state index contributed by atoms with van der Waals surface area (Å²) in [6, 6.07) is 8.50. The predicted molar refractivity (Wildman–Crippen MR) is 68.5 cm³/mol. The van der Waals surface area contributed by atoms with E-state index in [9.17, 15) is 0 Å². The predicted octanol–water partition coefficient (Wildman–Crippen LogP) is 2.93. The number of hydrogen-bond acceptors (Lipinski definition) is 4. The summed E-state index contributed by atoms with van der Waals surface area (Å²) in [5, 5.41) is 0. The second-order valence-corrected chi connectivity index (χ2v) is 4.99. The minimum absolute atomic E-state index is 0.329. The van der Waals surface area contributed by atoms with Crippen LogP contribution in [0.5, 0.6) is 5.75 Å². The van der Waals surface area contributed by atoms with Crippen LogP contribution in [-0.4, -0.2) is 30.2 Å². The first kappa shape index (κ1) is 10.9. The molecule has 4 heteroatoms. The van der Waals surface area contributed by atoms with E-state index in [0.29, 0.717) is 12.6 Å². The Kier molecular flexibility index (Phi) is 3.97. The third-order valence-electron chi connectivity index (χ3n) is 2.14. The molecule has 0 spiro atoms. The molecule has 0 fully saturated rings. The van der Waals surface area contributed by atoms with Gasteiger partial charge in [0.15, 0.2) is 0 Å². The molecule has 0 saturated carbocycles. The third-order valence-corrected chi connectivity index (χ3v) is 3.73. The zero-order valence-electron chi connectivity index (χ0n) is 8.55. The van der Waals surface area contributed by atoms with Gasteiger partial charge in [0, 0.05) is 10.6 Å². The van der Waals surface area contributed by atoms with Gasteiger partial charge in [0.2, 0.25) is 0 Å². The standard InChI is InChI=1S/C11H13NOS2/c1-14-11-4-2-10(3-5-11)13-6-9-7-15-8-12-9/h2-5,8-9H,6-7H2,1H3. The van der Waals surface area contributed by atoms with E-state index in [1.165, 1.54) is 4.90 Å². The van der Waals surface area contributed by atoms with Gasteiger partial charge in [-0.3, -0.25) is 4.99 Å². The lowest BCUT2D eigenvalue weighted by Gasteiger charge is -2.09. The first-order valence-electron chi connectivity index (χ1n) is 4.78. The van der Waals surface area contributed by atoms with Gasteiger partial charge in [-0.2, -0.15) is 0 Å². The van der Waals surface area contributed by atoms with Crippen LogP contribution in [0.25, 0.3) is 0 Å². The summed E-state index contributed by atoms with van der Waals surface area (Å²) in [7, 11) is 0. The Morgan fingerprint density at radius 3 is 2.87 bits per heavy atom. The van der Waals surface area contributed by atoms with Gasteiger partial charge in [0.05, 0.1) is 11.6 Å². The molecule has 80 valence electrons. The average Bonchev–Trinajstić information content (AvgIpc) is 2.80. The van der Waals surface area contributed by atoms with Gasteiger partial charge in [-0.05, 0) is 30.5 Å². The van der Waals surface area contributed by atoms with E-state index in [-0.39, 0.29) is 0 Å². The second kappa shape index (κ2) is 5.47. The van der Waals surface area contributed by atoms with Crippen LogP contribution in [-0.2, 0) is 0 Å². The van der Waals surface area contributed by atoms with E-state index in [1.807, 2.05) is 17.7 Å². The summed E-state index contributed by atoms with van der Waals surface area (Å²) in [5.41, 5.74) is 1.91. The quantitative estimate of drug-likeness (QED) is 0.754. The van der Waals surface area contributed by atoms with Crippen LogP contribution < -0.4 is 4.74 Å². The summed E-state index contributed by atoms with van der Waals surface area (Å²) in [6.07, 6.45) is 2.07. The molecule has 0 saturated heterocycles. The SMILES string of the molecule is CSc1ccc(OCC2CSC=N2)cc1. The van der Waals surface area contributed by atoms with E-state index in [2.05, 4.69) is 23.4 Å². The number of rotatable bonds is 4. The van der Waals surface area contributed by atoms with Crippen molar-refractivity contribution >= 4 is 29.1 Å². The molecular formula is C11H13NOS2. The molecule has 1 unspecified atom stereocenters. The lowest BCUT2D eigenvalue weighted by molar-refractivity contribution is 0.300. The molecule has 2 nitrogen and oxygen atoms in total. The van der Waals surface area contributed by atoms with E-state index in [1.54, 1.807) is 23.5 Å². The van der Waals surface area contributed by atoms with Crippen molar-refractivity contribution in [1.82, 2.24) is 0 Å². The molecule has 0 aliphatic carbocycles. The zero-order chi connectivity index (χ0) is 10.5. The summed E-state index contributed by atoms with van der Waals surface area (Å²) < 4.78 is 5.65. The largest absolute Gasteiger partial charge is 0.491 e. The number of ether oxygens (including phenoxy) is 1. The van der Waals surface area contributed by atoms with Gasteiger partial charge < -0.3 is 4.74 Å². The highest BCUT2D eigenvalue weighted by molar-refractivity contribution is 8.12. The Balaban J connectivity index is 1.85. The topological polar surface area (TPSA) is 21.6 Å². The van der Waals surface area contributed by atoms with Crippen LogP contribution in [0.3, 0.4) is 0 Å². The molecule has 1 atom stereocenters. The third kappa shape index (κ3) is 3.18. The Labute approximate surface area is 98.5 Å². The van der Waals surface area contributed by atoms with Gasteiger partial charge in [-0.1, -0.05) is 0 Å². The molecular weight excluding hydrogens is 226 g/mol. The smallest absolute Gasteiger partial charge is 0.119 e. The Morgan fingerprint density at radius 2 is 2.27 bits per heavy atom. The molecule has 0 amide bonds.